The van der Waals surface area contributed by atoms with Gasteiger partial charge in [-0.3, -0.25) is 4.79 Å². The van der Waals surface area contributed by atoms with Crippen LogP contribution in [0.15, 0.2) is 30.3 Å². The number of Topliss-reactive ketones (excluding diaryl/α,β-unsaturated/α-hetero) is 1. The molecule has 2 heterocycles. The van der Waals surface area contributed by atoms with Crippen molar-refractivity contribution in [3.8, 4) is 0 Å². The average molecular weight is 320 g/mol. The van der Waals surface area contributed by atoms with Gasteiger partial charge in [-0.2, -0.15) is 0 Å². The predicted octanol–water partition coefficient (Wildman–Crippen LogP) is 4.22. The molecule has 0 fully saturated rings. The van der Waals surface area contributed by atoms with E-state index >= 15 is 0 Å². The maximum absolute atomic E-state index is 11.8. The SMILES string of the molecule is CC(=O)c1sc2c(c1Cl)CCN(C)CC2c1ccccc1. The van der Waals surface area contributed by atoms with Crippen molar-refractivity contribution in [2.45, 2.75) is 19.3 Å². The second-order valence-corrected chi connectivity index (χ2v) is 7.05. The minimum atomic E-state index is 0.0678. The van der Waals surface area contributed by atoms with Crippen LogP contribution in [0.5, 0.6) is 0 Å². The van der Waals surface area contributed by atoms with Crippen LogP contribution < -0.4 is 0 Å². The number of fused-ring (bicyclic) bond motifs is 1. The highest BCUT2D eigenvalue weighted by atomic mass is 35.5. The van der Waals surface area contributed by atoms with Crippen molar-refractivity contribution in [3.05, 3.63) is 56.2 Å². The van der Waals surface area contributed by atoms with E-state index in [9.17, 15) is 4.79 Å². The summed E-state index contributed by atoms with van der Waals surface area (Å²) in [6.07, 6.45) is 0.914. The molecule has 0 amide bonds. The number of rotatable bonds is 2. The molecule has 0 aliphatic carbocycles. The fraction of sp³-hybridized carbons (Fsp3) is 0.353. The minimum absolute atomic E-state index is 0.0678. The van der Waals surface area contributed by atoms with Crippen molar-refractivity contribution in [1.29, 1.82) is 0 Å². The van der Waals surface area contributed by atoms with Crippen LogP contribution in [0.3, 0.4) is 0 Å². The van der Waals surface area contributed by atoms with Gasteiger partial charge in [-0.1, -0.05) is 41.9 Å². The molecule has 1 unspecified atom stereocenters. The average Bonchev–Trinajstić information content (AvgIpc) is 2.70. The molecule has 110 valence electrons. The van der Waals surface area contributed by atoms with Gasteiger partial charge in [0.05, 0.1) is 9.90 Å². The lowest BCUT2D eigenvalue weighted by Crippen LogP contribution is -2.24. The summed E-state index contributed by atoms with van der Waals surface area (Å²) < 4.78 is 0. The first-order valence-corrected chi connectivity index (χ1v) is 8.33. The van der Waals surface area contributed by atoms with Gasteiger partial charge in [0.15, 0.2) is 5.78 Å². The summed E-state index contributed by atoms with van der Waals surface area (Å²) >= 11 is 8.06. The molecule has 3 rings (SSSR count). The monoisotopic (exact) mass is 319 g/mol. The molecule has 1 atom stereocenters. The quantitative estimate of drug-likeness (QED) is 0.772. The van der Waals surface area contributed by atoms with Crippen molar-refractivity contribution < 1.29 is 4.79 Å². The molecule has 1 aliphatic rings. The number of carbonyl (C=O) groups excluding carboxylic acids is 1. The van der Waals surface area contributed by atoms with Crippen LogP contribution in [0.1, 0.15) is 38.5 Å². The van der Waals surface area contributed by atoms with E-state index in [1.54, 1.807) is 18.3 Å². The normalized spacial score (nSPS) is 19.1. The minimum Gasteiger partial charge on any atom is -0.305 e. The molecule has 21 heavy (non-hydrogen) atoms. The Bertz CT molecular complexity index is 665. The first kappa shape index (κ1) is 14.8. The van der Waals surface area contributed by atoms with E-state index in [-0.39, 0.29) is 5.78 Å². The Morgan fingerprint density at radius 1 is 1.33 bits per heavy atom. The van der Waals surface area contributed by atoms with E-state index in [0.29, 0.717) is 15.8 Å². The molecule has 0 spiro atoms. The van der Waals surface area contributed by atoms with Crippen LogP contribution in [0.4, 0.5) is 0 Å². The summed E-state index contributed by atoms with van der Waals surface area (Å²) in [6, 6.07) is 10.5. The Balaban J connectivity index is 2.13. The highest BCUT2D eigenvalue weighted by Gasteiger charge is 2.29. The zero-order chi connectivity index (χ0) is 15.0. The van der Waals surface area contributed by atoms with E-state index in [4.69, 9.17) is 11.6 Å². The molecular weight excluding hydrogens is 302 g/mol. The second kappa shape index (κ2) is 5.91. The van der Waals surface area contributed by atoms with Gasteiger partial charge in [0.25, 0.3) is 0 Å². The summed E-state index contributed by atoms with van der Waals surface area (Å²) in [5.74, 6) is 0.363. The number of thiophene rings is 1. The molecule has 0 saturated heterocycles. The van der Waals surface area contributed by atoms with Crippen LogP contribution in [-0.4, -0.2) is 30.8 Å². The van der Waals surface area contributed by atoms with Gasteiger partial charge in [-0.05, 0) is 24.6 Å². The fourth-order valence-corrected chi connectivity index (χ4v) is 4.69. The first-order chi connectivity index (χ1) is 10.1. The summed E-state index contributed by atoms with van der Waals surface area (Å²) in [5.41, 5.74) is 2.46. The third-order valence-electron chi connectivity index (χ3n) is 4.05. The van der Waals surface area contributed by atoms with Crippen LogP contribution in [-0.2, 0) is 6.42 Å². The highest BCUT2D eigenvalue weighted by Crippen LogP contribution is 2.42. The summed E-state index contributed by atoms with van der Waals surface area (Å²) in [5, 5.41) is 0.679. The topological polar surface area (TPSA) is 20.3 Å². The van der Waals surface area contributed by atoms with E-state index < -0.39 is 0 Å². The third-order valence-corrected chi connectivity index (χ3v) is 6.03. The summed E-state index contributed by atoms with van der Waals surface area (Å²) in [4.78, 5) is 16.1. The molecule has 0 N–H and O–H groups in total. The molecule has 1 aliphatic heterocycles. The van der Waals surface area contributed by atoms with E-state index in [1.807, 2.05) is 6.07 Å². The van der Waals surface area contributed by atoms with Crippen LogP contribution in [0.25, 0.3) is 0 Å². The van der Waals surface area contributed by atoms with Gasteiger partial charge in [-0.15, -0.1) is 11.3 Å². The second-order valence-electron chi connectivity index (χ2n) is 5.62. The Morgan fingerprint density at radius 2 is 2.05 bits per heavy atom. The number of benzene rings is 1. The maximum Gasteiger partial charge on any atom is 0.171 e. The van der Waals surface area contributed by atoms with Crippen molar-refractivity contribution in [2.75, 3.05) is 20.1 Å². The van der Waals surface area contributed by atoms with E-state index in [0.717, 1.165) is 19.5 Å². The van der Waals surface area contributed by atoms with Crippen molar-refractivity contribution in [3.63, 3.8) is 0 Å². The Labute approximate surface area is 134 Å². The molecule has 4 heteroatoms. The maximum atomic E-state index is 11.8. The first-order valence-electron chi connectivity index (χ1n) is 7.13. The predicted molar refractivity (Wildman–Crippen MR) is 88.8 cm³/mol. The molecule has 1 aromatic carbocycles. The van der Waals surface area contributed by atoms with Gasteiger partial charge < -0.3 is 4.90 Å². The van der Waals surface area contributed by atoms with Crippen LogP contribution >= 0.6 is 22.9 Å². The largest absolute Gasteiger partial charge is 0.305 e. The van der Waals surface area contributed by atoms with Gasteiger partial charge >= 0.3 is 0 Å². The Kier molecular flexibility index (Phi) is 4.16. The lowest BCUT2D eigenvalue weighted by molar-refractivity contribution is 0.102. The van der Waals surface area contributed by atoms with E-state index in [2.05, 4.69) is 36.2 Å². The van der Waals surface area contributed by atoms with Gasteiger partial charge in [0.2, 0.25) is 0 Å². The van der Waals surface area contributed by atoms with Crippen molar-refractivity contribution in [1.82, 2.24) is 4.90 Å². The molecule has 1 aromatic heterocycles. The molecule has 2 nitrogen and oxygen atoms in total. The number of hydrogen-bond acceptors (Lipinski definition) is 3. The van der Waals surface area contributed by atoms with Crippen LogP contribution in [0, 0.1) is 0 Å². The van der Waals surface area contributed by atoms with Gasteiger partial charge in [0.1, 0.15) is 0 Å². The molecule has 0 bridgehead atoms. The van der Waals surface area contributed by atoms with Crippen molar-refractivity contribution in [2.24, 2.45) is 0 Å². The Morgan fingerprint density at radius 3 is 2.71 bits per heavy atom. The highest BCUT2D eigenvalue weighted by molar-refractivity contribution is 7.15. The summed E-state index contributed by atoms with van der Waals surface area (Å²) in [6.45, 7) is 3.54. The molecular formula is C17H18ClNOS. The lowest BCUT2D eigenvalue weighted by atomic mass is 9.95. The smallest absolute Gasteiger partial charge is 0.171 e. The van der Waals surface area contributed by atoms with E-state index in [1.165, 1.54) is 16.0 Å². The number of nitrogens with zero attached hydrogens (tertiary/aromatic N) is 1. The fourth-order valence-electron chi connectivity index (χ4n) is 2.93. The van der Waals surface area contributed by atoms with Crippen LogP contribution in [0.2, 0.25) is 5.02 Å². The standard InChI is InChI=1S/C17H18ClNOS/c1-11(20)16-15(18)13-8-9-19(2)10-14(17(13)21-16)12-6-4-3-5-7-12/h3-7,14H,8-10H2,1-2H3. The summed E-state index contributed by atoms with van der Waals surface area (Å²) in [7, 11) is 2.15. The number of ketones is 1. The van der Waals surface area contributed by atoms with Gasteiger partial charge in [0, 0.05) is 30.8 Å². The lowest BCUT2D eigenvalue weighted by Gasteiger charge is -2.20. The number of likely N-dealkylation sites (N-methyl/N-ethyl adjacent to an activating group) is 1. The molecule has 2 aromatic rings. The molecule has 0 radical (unpaired) electrons. The van der Waals surface area contributed by atoms with Crippen molar-refractivity contribution >= 4 is 28.7 Å². The number of hydrogen-bond donors (Lipinski definition) is 0. The zero-order valence-electron chi connectivity index (χ0n) is 12.2. The number of halogens is 1. The molecule has 0 saturated carbocycles. The van der Waals surface area contributed by atoms with Gasteiger partial charge in [-0.25, -0.2) is 0 Å². The zero-order valence-corrected chi connectivity index (χ0v) is 13.8. The third kappa shape index (κ3) is 2.78. The Hall–Kier alpha value is -1.16. The number of carbonyl (C=O) groups is 1.